The van der Waals surface area contributed by atoms with Crippen LogP contribution in [-0.2, 0) is 4.79 Å². The highest BCUT2D eigenvalue weighted by Crippen LogP contribution is 2.54. The Bertz CT molecular complexity index is 698. The van der Waals surface area contributed by atoms with E-state index in [1.54, 1.807) is 0 Å². The van der Waals surface area contributed by atoms with Gasteiger partial charge < -0.3 is 5.32 Å². The number of hydrogen-bond acceptors (Lipinski definition) is 2. The van der Waals surface area contributed by atoms with Crippen molar-refractivity contribution < 1.29 is 9.18 Å². The maximum Gasteiger partial charge on any atom is 0.227 e. The fourth-order valence-electron chi connectivity index (χ4n) is 6.55. The lowest BCUT2D eigenvalue weighted by molar-refractivity contribution is -0.132. The van der Waals surface area contributed by atoms with E-state index in [-0.39, 0.29) is 23.1 Å². The number of carbonyl (C=O) groups is 1. The average molecular weight is 371 g/mol. The molecule has 2 saturated carbocycles. The van der Waals surface area contributed by atoms with Crippen molar-refractivity contribution in [2.45, 2.75) is 69.2 Å². The predicted octanol–water partition coefficient (Wildman–Crippen LogP) is 4.23. The third-order valence-corrected chi connectivity index (χ3v) is 8.20. The zero-order chi connectivity index (χ0) is 18.5. The summed E-state index contributed by atoms with van der Waals surface area (Å²) in [6, 6.07) is 6.82. The van der Waals surface area contributed by atoms with Gasteiger partial charge in [-0.3, -0.25) is 9.69 Å². The number of halogens is 1. The van der Waals surface area contributed by atoms with Gasteiger partial charge in [-0.25, -0.2) is 4.39 Å². The first-order chi connectivity index (χ1) is 13.1. The van der Waals surface area contributed by atoms with Gasteiger partial charge in [-0.15, -0.1) is 0 Å². The maximum absolute atomic E-state index is 13.4. The summed E-state index contributed by atoms with van der Waals surface area (Å²) in [4.78, 5) is 15.7. The van der Waals surface area contributed by atoms with Crippen LogP contribution in [0.15, 0.2) is 24.3 Å². The van der Waals surface area contributed by atoms with Gasteiger partial charge in [0.25, 0.3) is 0 Å². The molecule has 2 aliphatic carbocycles. The molecule has 4 aliphatic rings. The van der Waals surface area contributed by atoms with Crippen LogP contribution in [0.2, 0.25) is 0 Å². The van der Waals surface area contributed by atoms with E-state index in [9.17, 15) is 9.18 Å². The Balaban J connectivity index is 1.37. The number of nitrogens with one attached hydrogen (secondary N) is 1. The minimum Gasteiger partial charge on any atom is -0.355 e. The van der Waals surface area contributed by atoms with Gasteiger partial charge in [-0.2, -0.15) is 0 Å². The van der Waals surface area contributed by atoms with Gasteiger partial charge in [0.05, 0.1) is 5.41 Å². The van der Waals surface area contributed by atoms with E-state index in [4.69, 9.17) is 0 Å². The molecule has 1 atom stereocenters. The molecule has 4 fully saturated rings. The third kappa shape index (κ3) is 2.83. The SMILES string of the molecule is O=C1NCC(c2ccc(F)cc2)C12CCN(C1(C3CC3)CCCCC1)CC2. The van der Waals surface area contributed by atoms with E-state index >= 15 is 0 Å². The number of likely N-dealkylation sites (tertiary alicyclic amines) is 1. The summed E-state index contributed by atoms with van der Waals surface area (Å²) < 4.78 is 13.4. The Kier molecular flexibility index (Phi) is 4.30. The van der Waals surface area contributed by atoms with Gasteiger partial charge in [0, 0.05) is 18.0 Å². The van der Waals surface area contributed by atoms with Crippen molar-refractivity contribution in [2.75, 3.05) is 19.6 Å². The predicted molar refractivity (Wildman–Crippen MR) is 104 cm³/mol. The first-order valence-corrected chi connectivity index (χ1v) is 10.9. The third-order valence-electron chi connectivity index (χ3n) is 8.20. The van der Waals surface area contributed by atoms with E-state index < -0.39 is 0 Å². The van der Waals surface area contributed by atoms with Crippen LogP contribution in [0.4, 0.5) is 4.39 Å². The van der Waals surface area contributed by atoms with Crippen LogP contribution >= 0.6 is 0 Å². The normalized spacial score (nSPS) is 30.4. The van der Waals surface area contributed by atoms with E-state index in [2.05, 4.69) is 10.2 Å². The molecule has 1 aromatic rings. The van der Waals surface area contributed by atoms with Crippen molar-refractivity contribution >= 4 is 5.91 Å². The summed E-state index contributed by atoms with van der Waals surface area (Å²) in [6.45, 7) is 2.78. The molecule has 1 N–H and O–H groups in total. The van der Waals surface area contributed by atoms with Gasteiger partial charge in [0.1, 0.15) is 5.82 Å². The number of amides is 1. The summed E-state index contributed by atoms with van der Waals surface area (Å²) in [5, 5.41) is 3.13. The van der Waals surface area contributed by atoms with E-state index in [0.29, 0.717) is 12.1 Å². The summed E-state index contributed by atoms with van der Waals surface area (Å²) in [5.41, 5.74) is 1.24. The Morgan fingerprint density at radius 1 is 0.963 bits per heavy atom. The number of hydrogen-bond donors (Lipinski definition) is 1. The molecule has 0 radical (unpaired) electrons. The first-order valence-electron chi connectivity index (χ1n) is 10.9. The maximum atomic E-state index is 13.4. The Labute approximate surface area is 161 Å². The second-order valence-electron chi connectivity index (χ2n) is 9.40. The summed E-state index contributed by atoms with van der Waals surface area (Å²) in [5.74, 6) is 1.09. The molecule has 1 aromatic carbocycles. The van der Waals surface area contributed by atoms with Gasteiger partial charge in [0.15, 0.2) is 0 Å². The lowest BCUT2D eigenvalue weighted by Crippen LogP contribution is -2.57. The lowest BCUT2D eigenvalue weighted by atomic mass is 9.66. The molecule has 1 unspecified atom stereocenters. The van der Waals surface area contributed by atoms with Crippen LogP contribution in [0.1, 0.15) is 69.3 Å². The van der Waals surface area contributed by atoms with Crippen molar-refractivity contribution in [1.82, 2.24) is 10.2 Å². The molecule has 5 rings (SSSR count). The van der Waals surface area contributed by atoms with Crippen LogP contribution in [-0.4, -0.2) is 36.0 Å². The van der Waals surface area contributed by atoms with Crippen molar-refractivity contribution in [3.63, 3.8) is 0 Å². The van der Waals surface area contributed by atoms with Crippen molar-refractivity contribution in [3.8, 4) is 0 Å². The summed E-state index contributed by atoms with van der Waals surface area (Å²) in [7, 11) is 0. The molecule has 2 aliphatic heterocycles. The standard InChI is InChI=1S/C23H31FN2O/c24-19-8-4-17(5-9-19)20-16-25-21(27)22(20)12-14-26(15-13-22)23(18-6-7-18)10-2-1-3-11-23/h4-5,8-9,18,20H,1-3,6-7,10-16H2,(H,25,27). The molecule has 0 aromatic heterocycles. The zero-order valence-corrected chi connectivity index (χ0v) is 16.2. The highest BCUT2D eigenvalue weighted by molar-refractivity contribution is 5.86. The van der Waals surface area contributed by atoms with E-state index in [0.717, 1.165) is 37.4 Å². The van der Waals surface area contributed by atoms with Gasteiger partial charge >= 0.3 is 0 Å². The van der Waals surface area contributed by atoms with Gasteiger partial charge in [0.2, 0.25) is 5.91 Å². The molecule has 27 heavy (non-hydrogen) atoms. The van der Waals surface area contributed by atoms with Crippen molar-refractivity contribution in [2.24, 2.45) is 11.3 Å². The van der Waals surface area contributed by atoms with E-state index in [1.807, 2.05) is 12.1 Å². The molecule has 4 heteroatoms. The molecule has 2 saturated heterocycles. The summed E-state index contributed by atoms with van der Waals surface area (Å²) >= 11 is 0. The van der Waals surface area contributed by atoms with Crippen molar-refractivity contribution in [3.05, 3.63) is 35.6 Å². The highest BCUT2D eigenvalue weighted by Gasteiger charge is 2.56. The zero-order valence-electron chi connectivity index (χ0n) is 16.2. The van der Waals surface area contributed by atoms with Crippen molar-refractivity contribution in [1.29, 1.82) is 0 Å². The minimum atomic E-state index is -0.298. The Hall–Kier alpha value is -1.42. The van der Waals surface area contributed by atoms with Crippen LogP contribution in [0.25, 0.3) is 0 Å². The summed E-state index contributed by atoms with van der Waals surface area (Å²) in [6.07, 6.45) is 11.5. The first kappa shape index (κ1) is 17.7. The van der Waals surface area contributed by atoms with Crippen LogP contribution in [0.5, 0.6) is 0 Å². The number of carbonyl (C=O) groups excluding carboxylic acids is 1. The van der Waals surface area contributed by atoms with Crippen LogP contribution < -0.4 is 5.32 Å². The lowest BCUT2D eigenvalue weighted by Gasteiger charge is -2.52. The molecule has 1 spiro atoms. The monoisotopic (exact) mass is 370 g/mol. The number of rotatable bonds is 3. The molecular formula is C23H31FN2O. The second kappa shape index (κ2) is 6.58. The molecule has 0 bridgehead atoms. The molecular weight excluding hydrogens is 339 g/mol. The topological polar surface area (TPSA) is 32.3 Å². The Morgan fingerprint density at radius 2 is 1.63 bits per heavy atom. The smallest absolute Gasteiger partial charge is 0.227 e. The average Bonchev–Trinajstić information content (AvgIpc) is 3.52. The van der Waals surface area contributed by atoms with Gasteiger partial charge in [-0.05, 0) is 75.2 Å². The number of piperidine rings is 1. The van der Waals surface area contributed by atoms with Crippen LogP contribution in [0, 0.1) is 17.2 Å². The fourth-order valence-corrected chi connectivity index (χ4v) is 6.55. The quantitative estimate of drug-likeness (QED) is 0.863. The highest BCUT2D eigenvalue weighted by atomic mass is 19.1. The molecule has 1 amide bonds. The minimum absolute atomic E-state index is 0.177. The van der Waals surface area contributed by atoms with E-state index in [1.165, 1.54) is 57.1 Å². The van der Waals surface area contributed by atoms with Gasteiger partial charge in [-0.1, -0.05) is 31.4 Å². The van der Waals surface area contributed by atoms with Crippen LogP contribution in [0.3, 0.4) is 0 Å². The fraction of sp³-hybridized carbons (Fsp3) is 0.696. The largest absolute Gasteiger partial charge is 0.355 e. The number of nitrogens with zero attached hydrogens (tertiary/aromatic N) is 1. The molecule has 3 nitrogen and oxygen atoms in total. The molecule has 2 heterocycles. The molecule has 146 valence electrons. The Morgan fingerprint density at radius 3 is 2.26 bits per heavy atom. The second-order valence-corrected chi connectivity index (χ2v) is 9.40. The number of benzene rings is 1.